The van der Waals surface area contributed by atoms with Gasteiger partial charge in [0.15, 0.2) is 5.82 Å². The van der Waals surface area contributed by atoms with Gasteiger partial charge in [0.05, 0.1) is 0 Å². The van der Waals surface area contributed by atoms with Gasteiger partial charge in [-0.15, -0.1) is 0 Å². The van der Waals surface area contributed by atoms with E-state index in [1.54, 1.807) is 12.4 Å². The van der Waals surface area contributed by atoms with Crippen molar-refractivity contribution in [1.29, 1.82) is 5.26 Å². The van der Waals surface area contributed by atoms with E-state index in [0.29, 0.717) is 5.92 Å². The van der Waals surface area contributed by atoms with Gasteiger partial charge in [-0.1, -0.05) is 63.3 Å². The third kappa shape index (κ3) is 5.67. The van der Waals surface area contributed by atoms with Crippen LogP contribution in [0.25, 0.3) is 22.5 Å². The van der Waals surface area contributed by atoms with E-state index in [1.807, 2.05) is 0 Å². The monoisotopic (exact) mass is 459 g/mol. The maximum Gasteiger partial charge on any atom is 0.159 e. The zero-order chi connectivity index (χ0) is 23.9. The third-order valence-electron chi connectivity index (χ3n) is 7.09. The van der Waals surface area contributed by atoms with Crippen molar-refractivity contribution in [2.75, 3.05) is 0 Å². The summed E-state index contributed by atoms with van der Waals surface area (Å²) in [6.45, 7) is 2.26. The summed E-state index contributed by atoms with van der Waals surface area (Å²) in [7, 11) is 0. The molecule has 0 saturated heterocycles. The second-order valence-electron chi connectivity index (χ2n) is 9.41. The highest BCUT2D eigenvalue weighted by atomic mass is 19.1. The molecule has 0 bridgehead atoms. The first kappa shape index (κ1) is 24.0. The lowest BCUT2D eigenvalue weighted by Crippen LogP contribution is -2.13. The molecule has 5 heteroatoms. The lowest BCUT2D eigenvalue weighted by Gasteiger charge is -2.29. The molecule has 1 aliphatic rings. The van der Waals surface area contributed by atoms with Crippen molar-refractivity contribution in [2.24, 2.45) is 5.92 Å². The summed E-state index contributed by atoms with van der Waals surface area (Å²) in [4.78, 5) is 8.58. The number of halogens is 2. The van der Waals surface area contributed by atoms with E-state index in [4.69, 9.17) is 5.26 Å². The summed E-state index contributed by atoms with van der Waals surface area (Å²) in [5, 5.41) is 8.82. The maximum absolute atomic E-state index is 13.9. The summed E-state index contributed by atoms with van der Waals surface area (Å²) < 4.78 is 27.8. The van der Waals surface area contributed by atoms with Crippen molar-refractivity contribution in [3.63, 3.8) is 0 Å². The molecule has 0 spiro atoms. The van der Waals surface area contributed by atoms with Crippen LogP contribution in [0.5, 0.6) is 0 Å². The molecule has 3 nitrogen and oxygen atoms in total. The first-order valence-electron chi connectivity index (χ1n) is 12.4. The van der Waals surface area contributed by atoms with Gasteiger partial charge in [0.1, 0.15) is 23.3 Å². The Labute approximate surface area is 200 Å². The molecule has 1 aliphatic carbocycles. The summed E-state index contributed by atoms with van der Waals surface area (Å²) in [5.74, 6) is -0.0615. The Balaban J connectivity index is 1.37. The molecule has 34 heavy (non-hydrogen) atoms. The predicted molar refractivity (Wildman–Crippen MR) is 131 cm³/mol. The van der Waals surface area contributed by atoms with Crippen LogP contribution in [0, 0.1) is 28.9 Å². The van der Waals surface area contributed by atoms with Crippen LogP contribution in [0.2, 0.25) is 0 Å². The van der Waals surface area contributed by atoms with Gasteiger partial charge in [0, 0.05) is 23.5 Å². The molecule has 1 heterocycles. The van der Waals surface area contributed by atoms with Gasteiger partial charge in [-0.3, -0.25) is 0 Å². The SMILES string of the molecule is CCCCCCC1CCC(c2ccc(-c3cnc(-c4cc(F)c(C#N)c(F)c4)nc3)cc2)CC1. The van der Waals surface area contributed by atoms with Crippen molar-refractivity contribution in [2.45, 2.75) is 70.6 Å². The molecule has 0 amide bonds. The normalized spacial score (nSPS) is 17.9. The highest BCUT2D eigenvalue weighted by Gasteiger charge is 2.22. The van der Waals surface area contributed by atoms with Crippen LogP contribution in [-0.4, -0.2) is 9.97 Å². The molecule has 0 atom stereocenters. The minimum atomic E-state index is -0.911. The van der Waals surface area contributed by atoms with Gasteiger partial charge in [-0.2, -0.15) is 5.26 Å². The Hall–Kier alpha value is -3.13. The molecule has 0 unspecified atom stereocenters. The second kappa shape index (κ2) is 11.3. The molecule has 1 aromatic heterocycles. The van der Waals surface area contributed by atoms with Gasteiger partial charge in [0.25, 0.3) is 0 Å². The molecule has 176 valence electrons. The number of hydrogen-bond donors (Lipinski definition) is 0. The van der Waals surface area contributed by atoms with Gasteiger partial charge in [0.2, 0.25) is 0 Å². The van der Waals surface area contributed by atoms with E-state index in [1.165, 1.54) is 69.4 Å². The van der Waals surface area contributed by atoms with Crippen molar-refractivity contribution in [1.82, 2.24) is 9.97 Å². The second-order valence-corrected chi connectivity index (χ2v) is 9.41. The minimum absolute atomic E-state index is 0.205. The average Bonchev–Trinajstić information content (AvgIpc) is 2.87. The van der Waals surface area contributed by atoms with Crippen LogP contribution < -0.4 is 0 Å². The first-order chi connectivity index (χ1) is 16.6. The van der Waals surface area contributed by atoms with Crippen LogP contribution >= 0.6 is 0 Å². The van der Waals surface area contributed by atoms with Crippen molar-refractivity contribution >= 4 is 0 Å². The van der Waals surface area contributed by atoms with E-state index >= 15 is 0 Å². The fourth-order valence-electron chi connectivity index (χ4n) is 5.03. The first-order valence-corrected chi connectivity index (χ1v) is 12.4. The predicted octanol–water partition coefficient (Wildman–Crippen LogP) is 8.20. The molecular formula is C29H31F2N3. The molecule has 3 aromatic rings. The van der Waals surface area contributed by atoms with Gasteiger partial charge in [-0.05, 0) is 60.8 Å². The summed E-state index contributed by atoms with van der Waals surface area (Å²) in [6.07, 6.45) is 15.4. The molecule has 1 fully saturated rings. The average molecular weight is 460 g/mol. The molecule has 2 aromatic carbocycles. The fourth-order valence-corrected chi connectivity index (χ4v) is 5.03. The van der Waals surface area contributed by atoms with E-state index < -0.39 is 17.2 Å². The van der Waals surface area contributed by atoms with E-state index in [0.717, 1.165) is 29.2 Å². The molecule has 0 aliphatic heterocycles. The van der Waals surface area contributed by atoms with Crippen LogP contribution in [0.4, 0.5) is 8.78 Å². The van der Waals surface area contributed by atoms with Crippen molar-refractivity contribution < 1.29 is 8.78 Å². The Morgan fingerprint density at radius 3 is 2.09 bits per heavy atom. The topological polar surface area (TPSA) is 49.6 Å². The molecular weight excluding hydrogens is 428 g/mol. The molecule has 0 N–H and O–H groups in total. The Morgan fingerprint density at radius 1 is 0.853 bits per heavy atom. The zero-order valence-corrected chi connectivity index (χ0v) is 19.7. The van der Waals surface area contributed by atoms with Gasteiger partial charge < -0.3 is 0 Å². The number of nitrogens with zero attached hydrogens (tertiary/aromatic N) is 3. The lowest BCUT2D eigenvalue weighted by atomic mass is 9.77. The molecule has 0 radical (unpaired) electrons. The Bertz CT molecular complexity index is 1100. The van der Waals surface area contributed by atoms with Crippen LogP contribution in [0.3, 0.4) is 0 Å². The van der Waals surface area contributed by atoms with Crippen LogP contribution in [0.15, 0.2) is 48.8 Å². The zero-order valence-electron chi connectivity index (χ0n) is 19.7. The number of rotatable bonds is 8. The number of aromatic nitrogens is 2. The molecule has 1 saturated carbocycles. The van der Waals surface area contributed by atoms with Gasteiger partial charge >= 0.3 is 0 Å². The Kier molecular flexibility index (Phi) is 8.00. The minimum Gasteiger partial charge on any atom is -0.236 e. The maximum atomic E-state index is 13.9. The Morgan fingerprint density at radius 2 is 1.50 bits per heavy atom. The third-order valence-corrected chi connectivity index (χ3v) is 7.09. The number of unbranched alkanes of at least 4 members (excludes halogenated alkanes) is 3. The smallest absolute Gasteiger partial charge is 0.159 e. The van der Waals surface area contributed by atoms with E-state index in [2.05, 4.69) is 41.2 Å². The fraction of sp³-hybridized carbons (Fsp3) is 0.414. The summed E-state index contributed by atoms with van der Waals surface area (Å²) in [6, 6.07) is 12.3. The highest BCUT2D eigenvalue weighted by Crippen LogP contribution is 2.38. The molecule has 4 rings (SSSR count). The number of nitriles is 1. The number of benzene rings is 2. The standard InChI is InChI=1S/C29H31F2N3/c1-2-3-4-5-6-20-7-9-21(10-8-20)22-11-13-23(14-12-22)25-18-33-29(34-19-25)24-15-27(30)26(17-32)28(31)16-24/h11-16,18-21H,2-10H2,1H3. The van der Waals surface area contributed by atoms with Crippen LogP contribution in [-0.2, 0) is 0 Å². The largest absolute Gasteiger partial charge is 0.236 e. The van der Waals surface area contributed by atoms with Crippen molar-refractivity contribution in [3.8, 4) is 28.6 Å². The lowest BCUT2D eigenvalue weighted by molar-refractivity contribution is 0.302. The quantitative estimate of drug-likeness (QED) is 0.319. The van der Waals surface area contributed by atoms with Crippen molar-refractivity contribution in [3.05, 3.63) is 71.6 Å². The van der Waals surface area contributed by atoms with Gasteiger partial charge in [-0.25, -0.2) is 18.7 Å². The number of hydrogen-bond acceptors (Lipinski definition) is 3. The summed E-state index contributed by atoms with van der Waals surface area (Å²) in [5.41, 5.74) is 2.87. The summed E-state index contributed by atoms with van der Waals surface area (Å²) >= 11 is 0. The van der Waals surface area contributed by atoms with Crippen LogP contribution in [0.1, 0.15) is 81.8 Å². The highest BCUT2D eigenvalue weighted by molar-refractivity contribution is 5.64. The van der Waals surface area contributed by atoms with E-state index in [9.17, 15) is 8.78 Å². The van der Waals surface area contributed by atoms with E-state index in [-0.39, 0.29) is 11.4 Å².